The average Bonchev–Trinajstić information content (AvgIpc) is 3.06. The SMILES string of the molecule is CC1(C(=O)NCc2ccc(-c3noc(C(F)(F)F)n3)cn2)CC1. The van der Waals surface area contributed by atoms with E-state index in [4.69, 9.17) is 0 Å². The summed E-state index contributed by atoms with van der Waals surface area (Å²) in [6.07, 6.45) is -1.58. The van der Waals surface area contributed by atoms with Crippen LogP contribution in [-0.2, 0) is 17.5 Å². The van der Waals surface area contributed by atoms with Crippen molar-refractivity contribution in [3.8, 4) is 11.4 Å². The molecule has 1 aliphatic rings. The third kappa shape index (κ3) is 3.33. The summed E-state index contributed by atoms with van der Waals surface area (Å²) < 4.78 is 41.4. The largest absolute Gasteiger partial charge is 0.471 e. The fraction of sp³-hybridized carbons (Fsp3) is 0.429. The van der Waals surface area contributed by atoms with E-state index in [1.165, 1.54) is 12.3 Å². The predicted molar refractivity (Wildman–Crippen MR) is 71.7 cm³/mol. The van der Waals surface area contributed by atoms with Crippen molar-refractivity contribution in [1.82, 2.24) is 20.4 Å². The van der Waals surface area contributed by atoms with Gasteiger partial charge in [0, 0.05) is 17.2 Å². The molecule has 0 aliphatic heterocycles. The Morgan fingerprint density at radius 2 is 2.13 bits per heavy atom. The second-order valence-electron chi connectivity index (χ2n) is 5.70. The van der Waals surface area contributed by atoms with Crippen molar-refractivity contribution in [1.29, 1.82) is 0 Å². The molecule has 0 unspecified atom stereocenters. The predicted octanol–water partition coefficient (Wildman–Crippen LogP) is 2.57. The zero-order chi connectivity index (χ0) is 16.7. The van der Waals surface area contributed by atoms with E-state index in [2.05, 4.69) is 25.0 Å². The fourth-order valence-electron chi connectivity index (χ4n) is 1.92. The van der Waals surface area contributed by atoms with Gasteiger partial charge in [0.2, 0.25) is 11.7 Å². The van der Waals surface area contributed by atoms with Crippen molar-refractivity contribution in [3.63, 3.8) is 0 Å². The third-order valence-electron chi connectivity index (χ3n) is 3.73. The van der Waals surface area contributed by atoms with Crippen LogP contribution < -0.4 is 5.32 Å². The first-order valence-electron chi connectivity index (χ1n) is 6.92. The molecule has 122 valence electrons. The summed E-state index contributed by atoms with van der Waals surface area (Å²) in [7, 11) is 0. The molecule has 0 bridgehead atoms. The van der Waals surface area contributed by atoms with Crippen molar-refractivity contribution in [2.45, 2.75) is 32.5 Å². The van der Waals surface area contributed by atoms with E-state index in [9.17, 15) is 18.0 Å². The summed E-state index contributed by atoms with van der Waals surface area (Å²) in [5.41, 5.74) is 0.623. The highest BCUT2D eigenvalue weighted by molar-refractivity contribution is 5.84. The Bertz CT molecular complexity index is 720. The van der Waals surface area contributed by atoms with Crippen LogP contribution in [0.2, 0.25) is 0 Å². The van der Waals surface area contributed by atoms with E-state index in [0.717, 1.165) is 12.8 Å². The Morgan fingerprint density at radius 3 is 2.65 bits per heavy atom. The molecule has 1 fully saturated rings. The van der Waals surface area contributed by atoms with E-state index >= 15 is 0 Å². The molecule has 3 rings (SSSR count). The minimum Gasteiger partial charge on any atom is -0.350 e. The van der Waals surface area contributed by atoms with Gasteiger partial charge in [-0.1, -0.05) is 12.1 Å². The van der Waals surface area contributed by atoms with E-state index in [1.807, 2.05) is 6.92 Å². The number of carbonyl (C=O) groups excluding carboxylic acids is 1. The number of aromatic nitrogens is 3. The van der Waals surface area contributed by atoms with Gasteiger partial charge in [0.25, 0.3) is 0 Å². The molecular weight excluding hydrogens is 313 g/mol. The molecule has 2 aromatic heterocycles. The molecule has 0 saturated heterocycles. The molecule has 2 heterocycles. The van der Waals surface area contributed by atoms with Gasteiger partial charge in [-0.2, -0.15) is 18.2 Å². The Kier molecular flexibility index (Phi) is 3.57. The molecule has 9 heteroatoms. The van der Waals surface area contributed by atoms with Crippen LogP contribution in [0.4, 0.5) is 13.2 Å². The summed E-state index contributed by atoms with van der Waals surface area (Å²) in [5, 5.41) is 6.07. The summed E-state index contributed by atoms with van der Waals surface area (Å²) in [6, 6.07) is 3.12. The van der Waals surface area contributed by atoms with Crippen LogP contribution in [-0.4, -0.2) is 21.0 Å². The number of alkyl halides is 3. The Labute approximate surface area is 129 Å². The monoisotopic (exact) mass is 326 g/mol. The highest BCUT2D eigenvalue weighted by Gasteiger charge is 2.44. The fourth-order valence-corrected chi connectivity index (χ4v) is 1.92. The third-order valence-corrected chi connectivity index (χ3v) is 3.73. The van der Waals surface area contributed by atoms with Crippen molar-refractivity contribution in [3.05, 3.63) is 29.9 Å². The zero-order valence-electron chi connectivity index (χ0n) is 12.1. The topological polar surface area (TPSA) is 80.9 Å². The molecule has 6 nitrogen and oxygen atoms in total. The van der Waals surface area contributed by atoms with Gasteiger partial charge in [0.05, 0.1) is 12.2 Å². The summed E-state index contributed by atoms with van der Waals surface area (Å²) >= 11 is 0. The maximum Gasteiger partial charge on any atom is 0.471 e. The second kappa shape index (κ2) is 5.32. The number of nitrogens with zero attached hydrogens (tertiary/aromatic N) is 3. The van der Waals surface area contributed by atoms with Crippen LogP contribution in [0.5, 0.6) is 0 Å². The number of pyridine rings is 1. The number of hydrogen-bond donors (Lipinski definition) is 1. The maximum atomic E-state index is 12.4. The summed E-state index contributed by atoms with van der Waals surface area (Å²) in [6.45, 7) is 2.15. The molecule has 0 radical (unpaired) electrons. The first kappa shape index (κ1) is 15.4. The molecule has 0 atom stereocenters. The number of rotatable bonds is 4. The Morgan fingerprint density at radius 1 is 1.39 bits per heavy atom. The standard InChI is InChI=1S/C14H13F3N4O2/c1-13(4-5-13)11(22)19-7-9-3-2-8(6-18-9)10-20-12(23-21-10)14(15,16)17/h2-3,6H,4-5,7H2,1H3,(H,19,22). The van der Waals surface area contributed by atoms with Crippen molar-refractivity contribution < 1.29 is 22.5 Å². The van der Waals surface area contributed by atoms with Gasteiger partial charge in [0.15, 0.2) is 0 Å². The summed E-state index contributed by atoms with van der Waals surface area (Å²) in [5.74, 6) is -1.61. The van der Waals surface area contributed by atoms with Crippen molar-refractivity contribution in [2.75, 3.05) is 0 Å². The maximum absolute atomic E-state index is 12.4. The van der Waals surface area contributed by atoms with E-state index in [1.54, 1.807) is 6.07 Å². The Balaban J connectivity index is 1.65. The van der Waals surface area contributed by atoms with Crippen LogP contribution in [0.1, 0.15) is 31.4 Å². The zero-order valence-corrected chi connectivity index (χ0v) is 12.1. The van der Waals surface area contributed by atoms with Gasteiger partial charge in [-0.15, -0.1) is 0 Å². The summed E-state index contributed by atoms with van der Waals surface area (Å²) in [4.78, 5) is 19.2. The highest BCUT2D eigenvalue weighted by Crippen LogP contribution is 2.45. The Hall–Kier alpha value is -2.45. The normalized spacial score (nSPS) is 16.2. The lowest BCUT2D eigenvalue weighted by molar-refractivity contribution is -0.159. The van der Waals surface area contributed by atoms with Crippen LogP contribution >= 0.6 is 0 Å². The lowest BCUT2D eigenvalue weighted by Crippen LogP contribution is -2.29. The smallest absolute Gasteiger partial charge is 0.350 e. The number of carbonyl (C=O) groups is 1. The van der Waals surface area contributed by atoms with Crippen molar-refractivity contribution >= 4 is 5.91 Å². The molecular formula is C14H13F3N4O2. The number of hydrogen-bond acceptors (Lipinski definition) is 5. The van der Waals surface area contributed by atoms with Crippen LogP contribution in [0, 0.1) is 5.41 Å². The van der Waals surface area contributed by atoms with Gasteiger partial charge in [0.1, 0.15) is 0 Å². The lowest BCUT2D eigenvalue weighted by Gasteiger charge is -2.09. The van der Waals surface area contributed by atoms with Gasteiger partial charge in [-0.05, 0) is 25.0 Å². The van der Waals surface area contributed by atoms with Crippen LogP contribution in [0.3, 0.4) is 0 Å². The minimum absolute atomic E-state index is 0.0173. The number of halogens is 3. The van der Waals surface area contributed by atoms with E-state index < -0.39 is 12.1 Å². The van der Waals surface area contributed by atoms with Gasteiger partial charge in [-0.3, -0.25) is 9.78 Å². The molecule has 1 N–H and O–H groups in total. The first-order valence-corrected chi connectivity index (χ1v) is 6.92. The van der Waals surface area contributed by atoms with Crippen LogP contribution in [0.25, 0.3) is 11.4 Å². The number of nitrogens with one attached hydrogen (secondary N) is 1. The molecule has 0 spiro atoms. The van der Waals surface area contributed by atoms with Crippen molar-refractivity contribution in [2.24, 2.45) is 5.41 Å². The van der Waals surface area contributed by atoms with Gasteiger partial charge >= 0.3 is 12.1 Å². The molecule has 0 aromatic carbocycles. The van der Waals surface area contributed by atoms with E-state index in [0.29, 0.717) is 11.3 Å². The van der Waals surface area contributed by atoms with Gasteiger partial charge < -0.3 is 9.84 Å². The first-order chi connectivity index (χ1) is 10.8. The number of amides is 1. The van der Waals surface area contributed by atoms with Crippen LogP contribution in [0.15, 0.2) is 22.9 Å². The molecule has 1 aliphatic carbocycles. The lowest BCUT2D eigenvalue weighted by atomic mass is 10.1. The van der Waals surface area contributed by atoms with Gasteiger partial charge in [-0.25, -0.2) is 0 Å². The molecule has 2 aromatic rings. The molecule has 1 amide bonds. The molecule has 1 saturated carbocycles. The molecule has 23 heavy (non-hydrogen) atoms. The van der Waals surface area contributed by atoms with E-state index in [-0.39, 0.29) is 23.7 Å². The minimum atomic E-state index is -4.68. The quantitative estimate of drug-likeness (QED) is 0.934. The second-order valence-corrected chi connectivity index (χ2v) is 5.70. The average molecular weight is 326 g/mol. The highest BCUT2D eigenvalue weighted by atomic mass is 19.4.